The van der Waals surface area contributed by atoms with E-state index in [2.05, 4.69) is 33.8 Å². The normalized spacial score (nSPS) is 14.8. The fourth-order valence-corrected chi connectivity index (χ4v) is 3.56. The fourth-order valence-electron chi connectivity index (χ4n) is 3.56. The highest BCUT2D eigenvalue weighted by molar-refractivity contribution is 5.70. The van der Waals surface area contributed by atoms with Gasteiger partial charge in [-0.25, -0.2) is 0 Å². The summed E-state index contributed by atoms with van der Waals surface area (Å²) < 4.78 is 6.92. The van der Waals surface area contributed by atoms with Crippen LogP contribution in [-0.2, 0) is 36.0 Å². The van der Waals surface area contributed by atoms with Crippen LogP contribution >= 0.6 is 0 Å². The highest BCUT2D eigenvalue weighted by Gasteiger charge is 2.22. The summed E-state index contributed by atoms with van der Waals surface area (Å²) in [5.74, 6) is 0.0206. The van der Waals surface area contributed by atoms with E-state index < -0.39 is 0 Å². The minimum Gasteiger partial charge on any atom is -0.466 e. The van der Waals surface area contributed by atoms with Crippen molar-refractivity contribution in [2.24, 2.45) is 7.05 Å². The molecule has 25 heavy (non-hydrogen) atoms. The number of aryl methyl sites for hydroxylation is 2. The maximum absolute atomic E-state index is 12.1. The first kappa shape index (κ1) is 17.6. The number of benzene rings is 1. The van der Waals surface area contributed by atoms with Gasteiger partial charge in [0.2, 0.25) is 0 Å². The lowest BCUT2D eigenvalue weighted by atomic mass is 9.83. The standard InChI is InChI=1S/C19H26N4O2/c1-3-25-19(24)11-14(7-8-16-13-23(2)22-21-16)17-6-4-5-15-12-20-10-9-18(15)17/h4-6,13-14,20H,3,7-12H2,1-2H3. The Morgan fingerprint density at radius 1 is 1.44 bits per heavy atom. The van der Waals surface area contributed by atoms with Gasteiger partial charge in [-0.15, -0.1) is 5.10 Å². The number of hydrogen-bond acceptors (Lipinski definition) is 5. The zero-order valence-corrected chi connectivity index (χ0v) is 15.0. The summed E-state index contributed by atoms with van der Waals surface area (Å²) >= 11 is 0. The zero-order chi connectivity index (χ0) is 17.6. The van der Waals surface area contributed by atoms with Crippen molar-refractivity contribution >= 4 is 5.97 Å². The van der Waals surface area contributed by atoms with Crippen LogP contribution in [0.1, 0.15) is 48.1 Å². The molecule has 0 saturated heterocycles. The Morgan fingerprint density at radius 3 is 3.08 bits per heavy atom. The van der Waals surface area contributed by atoms with Crippen molar-refractivity contribution < 1.29 is 9.53 Å². The molecule has 2 aromatic rings. The molecule has 0 saturated carbocycles. The van der Waals surface area contributed by atoms with Crippen molar-refractivity contribution in [3.8, 4) is 0 Å². The summed E-state index contributed by atoms with van der Waals surface area (Å²) in [6, 6.07) is 6.45. The number of nitrogens with zero attached hydrogens (tertiary/aromatic N) is 3. The van der Waals surface area contributed by atoms with Gasteiger partial charge >= 0.3 is 5.97 Å². The molecule has 6 heteroatoms. The molecule has 1 aliphatic rings. The molecular formula is C19H26N4O2. The first-order valence-corrected chi connectivity index (χ1v) is 8.99. The summed E-state index contributed by atoms with van der Waals surface area (Å²) in [5, 5.41) is 11.6. The third-order valence-corrected chi connectivity index (χ3v) is 4.73. The molecule has 1 aromatic heterocycles. The predicted octanol–water partition coefficient (Wildman–Crippen LogP) is 2.13. The van der Waals surface area contributed by atoms with Crippen LogP contribution in [0.2, 0.25) is 0 Å². The van der Waals surface area contributed by atoms with Crippen LogP contribution in [-0.4, -0.2) is 34.1 Å². The van der Waals surface area contributed by atoms with E-state index in [1.165, 1.54) is 16.7 Å². The monoisotopic (exact) mass is 342 g/mol. The average Bonchev–Trinajstić information content (AvgIpc) is 3.04. The zero-order valence-electron chi connectivity index (χ0n) is 15.0. The molecule has 1 atom stereocenters. The Balaban J connectivity index is 1.81. The topological polar surface area (TPSA) is 69.0 Å². The second-order valence-electron chi connectivity index (χ2n) is 6.54. The van der Waals surface area contributed by atoms with Gasteiger partial charge in [-0.1, -0.05) is 23.4 Å². The van der Waals surface area contributed by atoms with Crippen LogP contribution in [0.25, 0.3) is 0 Å². The molecule has 6 nitrogen and oxygen atoms in total. The second kappa shape index (κ2) is 8.25. The van der Waals surface area contributed by atoms with E-state index in [1.807, 2.05) is 20.2 Å². The van der Waals surface area contributed by atoms with Crippen LogP contribution < -0.4 is 5.32 Å². The Hall–Kier alpha value is -2.21. The van der Waals surface area contributed by atoms with Crippen LogP contribution in [0, 0.1) is 0 Å². The molecule has 3 rings (SSSR count). The number of carbonyl (C=O) groups excluding carboxylic acids is 1. The lowest BCUT2D eigenvalue weighted by Gasteiger charge is -2.25. The smallest absolute Gasteiger partial charge is 0.306 e. The van der Waals surface area contributed by atoms with Crippen molar-refractivity contribution in [1.82, 2.24) is 20.3 Å². The molecule has 0 spiro atoms. The molecule has 2 heterocycles. The Labute approximate surface area is 148 Å². The lowest BCUT2D eigenvalue weighted by molar-refractivity contribution is -0.143. The molecule has 0 aliphatic carbocycles. The number of rotatable bonds is 7. The first-order chi connectivity index (χ1) is 12.2. The number of ether oxygens (including phenoxy) is 1. The summed E-state index contributed by atoms with van der Waals surface area (Å²) in [7, 11) is 1.87. The SMILES string of the molecule is CCOC(=O)CC(CCc1cn(C)nn1)c1cccc2c1CCNC2. The largest absolute Gasteiger partial charge is 0.466 e. The molecule has 0 bridgehead atoms. The summed E-state index contributed by atoms with van der Waals surface area (Å²) in [6.07, 6.45) is 5.03. The Kier molecular flexibility index (Phi) is 5.81. The number of esters is 1. The number of nitrogens with one attached hydrogen (secondary N) is 1. The van der Waals surface area contributed by atoms with E-state index >= 15 is 0 Å². The molecule has 1 aliphatic heterocycles. The van der Waals surface area contributed by atoms with E-state index in [0.29, 0.717) is 13.0 Å². The third kappa shape index (κ3) is 4.45. The van der Waals surface area contributed by atoms with E-state index in [-0.39, 0.29) is 11.9 Å². The number of fused-ring (bicyclic) bond motifs is 1. The maximum atomic E-state index is 12.1. The van der Waals surface area contributed by atoms with Crippen molar-refractivity contribution in [1.29, 1.82) is 0 Å². The molecule has 0 radical (unpaired) electrons. The molecule has 0 amide bonds. The quantitative estimate of drug-likeness (QED) is 0.781. The van der Waals surface area contributed by atoms with Gasteiger partial charge in [-0.2, -0.15) is 0 Å². The number of hydrogen-bond donors (Lipinski definition) is 1. The summed E-state index contributed by atoms with van der Waals surface area (Å²) in [4.78, 5) is 12.1. The first-order valence-electron chi connectivity index (χ1n) is 8.99. The fraction of sp³-hybridized carbons (Fsp3) is 0.526. The summed E-state index contributed by atoms with van der Waals surface area (Å²) in [5.41, 5.74) is 4.99. The van der Waals surface area contributed by atoms with Crippen LogP contribution in [0.15, 0.2) is 24.4 Å². The maximum Gasteiger partial charge on any atom is 0.306 e. The van der Waals surface area contributed by atoms with Crippen molar-refractivity contribution in [2.45, 2.75) is 45.1 Å². The Morgan fingerprint density at radius 2 is 2.32 bits per heavy atom. The van der Waals surface area contributed by atoms with Gasteiger partial charge in [0.25, 0.3) is 0 Å². The minimum absolute atomic E-state index is 0.127. The van der Waals surface area contributed by atoms with Gasteiger partial charge in [-0.3, -0.25) is 9.48 Å². The van der Waals surface area contributed by atoms with Gasteiger partial charge < -0.3 is 10.1 Å². The Bertz CT molecular complexity index is 726. The van der Waals surface area contributed by atoms with Crippen LogP contribution in [0.5, 0.6) is 0 Å². The van der Waals surface area contributed by atoms with Gasteiger partial charge in [0.1, 0.15) is 0 Å². The average molecular weight is 342 g/mol. The number of carbonyl (C=O) groups is 1. The van der Waals surface area contributed by atoms with Gasteiger partial charge in [0, 0.05) is 19.8 Å². The van der Waals surface area contributed by atoms with Crippen molar-refractivity contribution in [3.63, 3.8) is 0 Å². The van der Waals surface area contributed by atoms with E-state index in [9.17, 15) is 4.79 Å². The van der Waals surface area contributed by atoms with E-state index in [0.717, 1.165) is 38.0 Å². The number of aromatic nitrogens is 3. The van der Waals surface area contributed by atoms with Gasteiger partial charge in [0.05, 0.1) is 18.7 Å². The minimum atomic E-state index is -0.127. The van der Waals surface area contributed by atoms with E-state index in [4.69, 9.17) is 4.74 Å². The molecule has 1 N–H and O–H groups in total. The third-order valence-electron chi connectivity index (χ3n) is 4.73. The highest BCUT2D eigenvalue weighted by Crippen LogP contribution is 2.31. The second-order valence-corrected chi connectivity index (χ2v) is 6.54. The van der Waals surface area contributed by atoms with E-state index in [1.54, 1.807) is 4.68 Å². The van der Waals surface area contributed by atoms with Crippen LogP contribution in [0.4, 0.5) is 0 Å². The van der Waals surface area contributed by atoms with Crippen molar-refractivity contribution in [3.05, 3.63) is 46.8 Å². The van der Waals surface area contributed by atoms with Crippen LogP contribution in [0.3, 0.4) is 0 Å². The molecule has 1 unspecified atom stereocenters. The molecule has 134 valence electrons. The van der Waals surface area contributed by atoms with Gasteiger partial charge in [-0.05, 0) is 55.3 Å². The van der Waals surface area contributed by atoms with Gasteiger partial charge in [0.15, 0.2) is 0 Å². The lowest BCUT2D eigenvalue weighted by Crippen LogP contribution is -2.25. The highest BCUT2D eigenvalue weighted by atomic mass is 16.5. The molecule has 0 fully saturated rings. The van der Waals surface area contributed by atoms with Crippen molar-refractivity contribution in [2.75, 3.05) is 13.2 Å². The summed E-state index contributed by atoms with van der Waals surface area (Å²) in [6.45, 7) is 4.16. The predicted molar refractivity (Wildman–Crippen MR) is 95.2 cm³/mol. The molecule has 1 aromatic carbocycles. The molecular weight excluding hydrogens is 316 g/mol.